The van der Waals surface area contributed by atoms with E-state index in [1.807, 2.05) is 52.2 Å². The number of rotatable bonds is 5. The first-order valence-corrected chi connectivity index (χ1v) is 6.20. The molecule has 0 saturated heterocycles. The topological polar surface area (TPSA) is 58.4 Å². The Hall–Kier alpha value is -0.810. The maximum absolute atomic E-state index is 11.9. The van der Waals surface area contributed by atoms with Crippen molar-refractivity contribution in [1.29, 1.82) is 0 Å². The van der Waals surface area contributed by atoms with Crippen molar-refractivity contribution in [2.24, 2.45) is 11.7 Å². The zero-order chi connectivity index (χ0) is 13.7. The molecule has 0 aromatic heterocycles. The fourth-order valence-corrected chi connectivity index (χ4v) is 1.61. The molecule has 4 nitrogen and oxygen atoms in total. The van der Waals surface area contributed by atoms with Gasteiger partial charge in [0.25, 0.3) is 0 Å². The predicted molar refractivity (Wildman–Crippen MR) is 89.8 cm³/mol. The average Bonchev–Trinajstić information content (AvgIpc) is 2.27. The Morgan fingerprint density at radius 2 is 1.90 bits per heavy atom. The fourth-order valence-electron chi connectivity index (χ4n) is 1.61. The van der Waals surface area contributed by atoms with Crippen molar-refractivity contribution in [1.82, 2.24) is 4.90 Å². The molecule has 0 radical (unpaired) electrons. The van der Waals surface area contributed by atoms with E-state index in [2.05, 4.69) is 10.2 Å². The van der Waals surface area contributed by atoms with Gasteiger partial charge < -0.3 is 16.0 Å². The SMILES string of the molecule is CC(N)C(C)C(=O)Nc1cccc(CN(C)C)c1.Cl.Cl. The van der Waals surface area contributed by atoms with Gasteiger partial charge in [0, 0.05) is 18.3 Å². The monoisotopic (exact) mass is 321 g/mol. The Morgan fingerprint density at radius 3 is 2.40 bits per heavy atom. The first-order chi connectivity index (χ1) is 8.40. The molecule has 1 amide bonds. The molecule has 3 N–H and O–H groups in total. The van der Waals surface area contributed by atoms with Gasteiger partial charge in [0.15, 0.2) is 0 Å². The molecule has 2 atom stereocenters. The molecule has 0 fully saturated rings. The van der Waals surface area contributed by atoms with Crippen molar-refractivity contribution >= 4 is 36.4 Å². The van der Waals surface area contributed by atoms with E-state index >= 15 is 0 Å². The lowest BCUT2D eigenvalue weighted by Crippen LogP contribution is -2.34. The van der Waals surface area contributed by atoms with Crippen LogP contribution in [0.2, 0.25) is 0 Å². The van der Waals surface area contributed by atoms with E-state index in [4.69, 9.17) is 5.73 Å². The summed E-state index contributed by atoms with van der Waals surface area (Å²) < 4.78 is 0. The fraction of sp³-hybridized carbons (Fsp3) is 0.500. The highest BCUT2D eigenvalue weighted by Crippen LogP contribution is 2.13. The number of nitrogens with zero attached hydrogens (tertiary/aromatic N) is 1. The lowest BCUT2D eigenvalue weighted by molar-refractivity contribution is -0.119. The molecule has 0 heterocycles. The number of amides is 1. The van der Waals surface area contributed by atoms with Crippen molar-refractivity contribution in [3.05, 3.63) is 29.8 Å². The first kappa shape index (κ1) is 21.5. The van der Waals surface area contributed by atoms with Crippen LogP contribution in [0.5, 0.6) is 0 Å². The Balaban J connectivity index is 0. The number of carbonyl (C=O) groups excluding carboxylic acids is 1. The minimum atomic E-state index is -0.192. The summed E-state index contributed by atoms with van der Waals surface area (Å²) in [6, 6.07) is 7.74. The van der Waals surface area contributed by atoms with Crippen molar-refractivity contribution in [3.63, 3.8) is 0 Å². The average molecular weight is 322 g/mol. The summed E-state index contributed by atoms with van der Waals surface area (Å²) in [4.78, 5) is 14.0. The minimum absolute atomic E-state index is 0. The summed E-state index contributed by atoms with van der Waals surface area (Å²) in [5, 5.41) is 2.90. The van der Waals surface area contributed by atoms with Crippen molar-refractivity contribution in [2.45, 2.75) is 26.4 Å². The number of hydrogen-bond donors (Lipinski definition) is 2. The minimum Gasteiger partial charge on any atom is -0.327 e. The van der Waals surface area contributed by atoms with Crippen LogP contribution in [0.1, 0.15) is 19.4 Å². The predicted octanol–water partition coefficient (Wildman–Crippen LogP) is 2.51. The van der Waals surface area contributed by atoms with E-state index in [0.717, 1.165) is 12.2 Å². The first-order valence-electron chi connectivity index (χ1n) is 6.20. The van der Waals surface area contributed by atoms with Crippen molar-refractivity contribution in [3.8, 4) is 0 Å². The number of carbonyl (C=O) groups is 1. The van der Waals surface area contributed by atoms with E-state index in [9.17, 15) is 4.79 Å². The van der Waals surface area contributed by atoms with E-state index in [0.29, 0.717) is 0 Å². The highest BCUT2D eigenvalue weighted by Gasteiger charge is 2.16. The van der Waals surface area contributed by atoms with E-state index in [-0.39, 0.29) is 42.7 Å². The maximum atomic E-state index is 11.9. The van der Waals surface area contributed by atoms with Crippen LogP contribution >= 0.6 is 24.8 Å². The van der Waals surface area contributed by atoms with Crippen molar-refractivity contribution in [2.75, 3.05) is 19.4 Å². The van der Waals surface area contributed by atoms with Gasteiger partial charge in [-0.3, -0.25) is 4.79 Å². The molecule has 0 aliphatic heterocycles. The quantitative estimate of drug-likeness (QED) is 0.876. The molecule has 116 valence electrons. The standard InChI is InChI=1S/C14H23N3O.2ClH/c1-10(11(2)15)14(18)16-13-7-5-6-12(8-13)9-17(3)4;;/h5-8,10-11H,9,15H2,1-4H3,(H,16,18);2*1H. The van der Waals surface area contributed by atoms with Crippen LogP contribution in [0, 0.1) is 5.92 Å². The van der Waals surface area contributed by atoms with Crippen LogP contribution in [0.25, 0.3) is 0 Å². The van der Waals surface area contributed by atoms with Gasteiger partial charge in [0.2, 0.25) is 5.91 Å². The smallest absolute Gasteiger partial charge is 0.228 e. The Kier molecular flexibility index (Phi) is 10.7. The van der Waals surface area contributed by atoms with Gasteiger partial charge >= 0.3 is 0 Å². The highest BCUT2D eigenvalue weighted by atomic mass is 35.5. The van der Waals surface area contributed by atoms with E-state index < -0.39 is 0 Å². The van der Waals surface area contributed by atoms with Crippen LogP contribution in [0.15, 0.2) is 24.3 Å². The number of anilines is 1. The molecule has 0 aliphatic carbocycles. The van der Waals surface area contributed by atoms with E-state index in [1.54, 1.807) is 0 Å². The number of nitrogens with one attached hydrogen (secondary N) is 1. The molecule has 2 unspecified atom stereocenters. The number of nitrogens with two attached hydrogens (primary N) is 1. The molecule has 0 bridgehead atoms. The van der Waals surface area contributed by atoms with Crippen molar-refractivity contribution < 1.29 is 4.79 Å². The van der Waals surface area contributed by atoms with Gasteiger partial charge in [-0.2, -0.15) is 0 Å². The van der Waals surface area contributed by atoms with E-state index in [1.165, 1.54) is 5.56 Å². The summed E-state index contributed by atoms with van der Waals surface area (Å²) in [5.41, 5.74) is 7.72. The van der Waals surface area contributed by atoms with Crippen LogP contribution in [-0.4, -0.2) is 30.9 Å². The van der Waals surface area contributed by atoms with Crippen LogP contribution < -0.4 is 11.1 Å². The zero-order valence-corrected chi connectivity index (χ0v) is 14.1. The third-order valence-corrected chi connectivity index (χ3v) is 2.90. The second-order valence-electron chi connectivity index (χ2n) is 5.08. The number of benzene rings is 1. The largest absolute Gasteiger partial charge is 0.327 e. The Labute approximate surface area is 133 Å². The zero-order valence-electron chi connectivity index (χ0n) is 12.4. The summed E-state index contributed by atoms with van der Waals surface area (Å²) in [6.45, 7) is 4.53. The molecular weight excluding hydrogens is 297 g/mol. The molecule has 0 spiro atoms. The number of halogens is 2. The molecule has 20 heavy (non-hydrogen) atoms. The summed E-state index contributed by atoms with van der Waals surface area (Å²) >= 11 is 0. The number of hydrogen-bond acceptors (Lipinski definition) is 3. The summed E-state index contributed by atoms with van der Waals surface area (Å²) in [7, 11) is 4.03. The molecular formula is C14H25Cl2N3O. The lowest BCUT2D eigenvalue weighted by atomic mass is 10.0. The molecule has 1 rings (SSSR count). The Morgan fingerprint density at radius 1 is 1.30 bits per heavy atom. The van der Waals surface area contributed by atoms with Gasteiger partial charge in [-0.15, -0.1) is 24.8 Å². The van der Waals surface area contributed by atoms with Crippen LogP contribution in [0.3, 0.4) is 0 Å². The second kappa shape index (κ2) is 10.00. The van der Waals surface area contributed by atoms with Gasteiger partial charge in [0.1, 0.15) is 0 Å². The normalized spacial score (nSPS) is 12.9. The van der Waals surface area contributed by atoms with Gasteiger partial charge in [-0.1, -0.05) is 19.1 Å². The highest BCUT2D eigenvalue weighted by molar-refractivity contribution is 5.92. The van der Waals surface area contributed by atoms with Crippen LogP contribution in [-0.2, 0) is 11.3 Å². The Bertz CT molecular complexity index is 411. The molecule has 0 saturated carbocycles. The molecule has 1 aromatic rings. The third kappa shape index (κ3) is 7.10. The third-order valence-electron chi connectivity index (χ3n) is 2.90. The molecule has 1 aromatic carbocycles. The summed E-state index contributed by atoms with van der Waals surface area (Å²) in [6.07, 6.45) is 0. The molecule has 6 heteroatoms. The molecule has 0 aliphatic rings. The lowest BCUT2D eigenvalue weighted by Gasteiger charge is -2.16. The van der Waals surface area contributed by atoms with Gasteiger partial charge in [-0.05, 0) is 38.7 Å². The maximum Gasteiger partial charge on any atom is 0.228 e. The van der Waals surface area contributed by atoms with Gasteiger partial charge in [-0.25, -0.2) is 0 Å². The second-order valence-corrected chi connectivity index (χ2v) is 5.08. The van der Waals surface area contributed by atoms with Gasteiger partial charge in [0.05, 0.1) is 5.92 Å². The van der Waals surface area contributed by atoms with Crippen LogP contribution in [0.4, 0.5) is 5.69 Å². The summed E-state index contributed by atoms with van der Waals surface area (Å²) in [5.74, 6) is -0.227.